The van der Waals surface area contributed by atoms with E-state index in [0.717, 1.165) is 0 Å². The Labute approximate surface area is 118 Å². The van der Waals surface area contributed by atoms with Gasteiger partial charge in [0.05, 0.1) is 5.70 Å². The van der Waals surface area contributed by atoms with E-state index in [1.165, 1.54) is 12.3 Å². The molecule has 0 spiro atoms. The van der Waals surface area contributed by atoms with Gasteiger partial charge in [-0.1, -0.05) is 18.2 Å². The molecule has 0 aromatic heterocycles. The van der Waals surface area contributed by atoms with E-state index in [4.69, 9.17) is 16.3 Å². The van der Waals surface area contributed by atoms with Gasteiger partial charge in [0.2, 0.25) is 0 Å². The van der Waals surface area contributed by atoms with Gasteiger partial charge >= 0.3 is 6.09 Å². The third kappa shape index (κ3) is 9.02. The molecule has 0 aliphatic carbocycles. The maximum atomic E-state index is 11.6. The Kier molecular flexibility index (Phi) is 7.08. The summed E-state index contributed by atoms with van der Waals surface area (Å²) < 4.78 is 5.07. The van der Waals surface area contributed by atoms with Crippen LogP contribution in [-0.4, -0.2) is 29.7 Å². The van der Waals surface area contributed by atoms with Crippen LogP contribution in [0.4, 0.5) is 4.79 Å². The van der Waals surface area contributed by atoms with E-state index in [2.05, 4.69) is 16.9 Å². The van der Waals surface area contributed by atoms with Crippen LogP contribution in [-0.2, 0) is 9.53 Å². The van der Waals surface area contributed by atoms with E-state index >= 15 is 0 Å². The van der Waals surface area contributed by atoms with Crippen molar-refractivity contribution in [2.24, 2.45) is 4.99 Å². The number of nitrogens with one attached hydrogen (secondary N) is 1. The zero-order valence-electron chi connectivity index (χ0n) is 11.6. The van der Waals surface area contributed by atoms with Crippen LogP contribution in [0.2, 0.25) is 0 Å². The van der Waals surface area contributed by atoms with E-state index in [0.29, 0.717) is 6.29 Å². The fraction of sp³-hybridized carbons (Fsp3) is 0.462. The van der Waals surface area contributed by atoms with Crippen LogP contribution >= 0.6 is 11.6 Å². The molecule has 1 amide bonds. The zero-order valence-corrected chi connectivity index (χ0v) is 12.3. The molecule has 0 aliphatic rings. The van der Waals surface area contributed by atoms with Crippen molar-refractivity contribution < 1.29 is 14.3 Å². The maximum absolute atomic E-state index is 11.6. The van der Waals surface area contributed by atoms with Crippen LogP contribution in [0.1, 0.15) is 27.7 Å². The normalized spacial score (nSPS) is 14.1. The smallest absolute Gasteiger partial charge is 0.412 e. The predicted molar refractivity (Wildman–Crippen MR) is 76.5 cm³/mol. The van der Waals surface area contributed by atoms with Gasteiger partial charge in [0.1, 0.15) is 11.1 Å². The average Bonchev–Trinajstić information content (AvgIpc) is 2.23. The molecule has 0 saturated heterocycles. The number of halogens is 1. The van der Waals surface area contributed by atoms with Gasteiger partial charge in [0, 0.05) is 11.8 Å². The van der Waals surface area contributed by atoms with Gasteiger partial charge in [-0.3, -0.25) is 15.1 Å². The van der Waals surface area contributed by atoms with E-state index in [1.54, 1.807) is 27.7 Å². The van der Waals surface area contributed by atoms with Crippen molar-refractivity contribution in [1.29, 1.82) is 0 Å². The fourth-order valence-corrected chi connectivity index (χ4v) is 1.01. The van der Waals surface area contributed by atoms with Gasteiger partial charge in [-0.05, 0) is 33.8 Å². The first-order valence-corrected chi connectivity index (χ1v) is 6.11. The molecule has 6 heteroatoms. The summed E-state index contributed by atoms with van der Waals surface area (Å²) in [5.41, 5.74) is -0.704. The van der Waals surface area contributed by atoms with Crippen molar-refractivity contribution in [2.75, 3.05) is 0 Å². The second kappa shape index (κ2) is 7.74. The number of rotatable bonds is 5. The first kappa shape index (κ1) is 17.4. The van der Waals surface area contributed by atoms with Crippen LogP contribution in [0.3, 0.4) is 0 Å². The number of alkyl halides is 1. The van der Waals surface area contributed by atoms with E-state index in [9.17, 15) is 9.59 Å². The van der Waals surface area contributed by atoms with Crippen molar-refractivity contribution in [3.05, 3.63) is 23.9 Å². The molecular formula is C13H19ClN2O3. The minimum absolute atomic E-state index is 0.111. The molecule has 19 heavy (non-hydrogen) atoms. The Morgan fingerprint density at radius 2 is 2.05 bits per heavy atom. The van der Waals surface area contributed by atoms with Gasteiger partial charge in [0.15, 0.2) is 6.29 Å². The van der Waals surface area contributed by atoms with Crippen molar-refractivity contribution in [1.82, 2.24) is 5.32 Å². The average molecular weight is 287 g/mol. The zero-order chi connectivity index (χ0) is 15.1. The molecule has 106 valence electrons. The number of nitrogens with zero attached hydrogens (tertiary/aromatic N) is 1. The number of aldehydes is 1. The Morgan fingerprint density at radius 1 is 1.47 bits per heavy atom. The molecule has 0 fully saturated rings. The lowest BCUT2D eigenvalue weighted by Gasteiger charge is -2.20. The molecule has 0 aromatic rings. The molecule has 0 aliphatic heterocycles. The second-order valence-corrected chi connectivity index (χ2v) is 5.35. The molecular weight excluding hydrogens is 268 g/mol. The van der Waals surface area contributed by atoms with Crippen LogP contribution in [0, 0.1) is 0 Å². The number of aliphatic imine (C=N–C) groups is 1. The number of hydrogen-bond donors (Lipinski definition) is 1. The number of ether oxygens (including phenoxy) is 1. The second-order valence-electron chi connectivity index (χ2n) is 4.72. The minimum atomic E-state index is -0.672. The van der Waals surface area contributed by atoms with E-state index < -0.39 is 17.2 Å². The molecule has 0 bridgehead atoms. The van der Waals surface area contributed by atoms with Crippen molar-refractivity contribution in [3.8, 4) is 0 Å². The monoisotopic (exact) mass is 286 g/mol. The number of hydrogen-bond acceptors (Lipinski definition) is 4. The van der Waals surface area contributed by atoms with Gasteiger partial charge < -0.3 is 4.74 Å². The summed E-state index contributed by atoms with van der Waals surface area (Å²) >= 11 is 5.64. The highest BCUT2D eigenvalue weighted by Gasteiger charge is 2.17. The predicted octanol–water partition coefficient (Wildman–Crippen LogP) is 2.81. The Bertz CT molecular complexity index is 407. The highest BCUT2D eigenvalue weighted by atomic mass is 35.5. The lowest BCUT2D eigenvalue weighted by molar-refractivity contribution is -0.104. The van der Waals surface area contributed by atoms with E-state index in [-0.39, 0.29) is 11.3 Å². The first-order chi connectivity index (χ1) is 8.65. The van der Waals surface area contributed by atoms with Gasteiger partial charge in [-0.25, -0.2) is 4.79 Å². The molecule has 0 radical (unpaired) electrons. The Hall–Kier alpha value is -1.62. The van der Waals surface area contributed by atoms with E-state index in [1.807, 2.05) is 0 Å². The molecule has 0 aromatic carbocycles. The highest BCUT2D eigenvalue weighted by Crippen LogP contribution is 2.08. The maximum Gasteiger partial charge on any atom is 0.412 e. The van der Waals surface area contributed by atoms with Crippen LogP contribution in [0.5, 0.6) is 0 Å². The van der Waals surface area contributed by atoms with Crippen LogP contribution in [0.15, 0.2) is 28.9 Å². The van der Waals surface area contributed by atoms with Gasteiger partial charge in [-0.2, -0.15) is 0 Å². The molecule has 0 saturated carbocycles. The van der Waals surface area contributed by atoms with Crippen molar-refractivity contribution in [2.45, 2.75) is 38.8 Å². The Balaban J connectivity index is 4.84. The summed E-state index contributed by atoms with van der Waals surface area (Å²) in [5.74, 6) is 0. The summed E-state index contributed by atoms with van der Waals surface area (Å²) in [4.78, 5) is 26.2. The highest BCUT2D eigenvalue weighted by molar-refractivity contribution is 6.20. The largest absolute Gasteiger partial charge is 0.444 e. The number of carbonyl (C=O) groups excluding carboxylic acids is 2. The fourth-order valence-electron chi connectivity index (χ4n) is 0.942. The first-order valence-electron chi connectivity index (χ1n) is 5.67. The summed E-state index contributed by atoms with van der Waals surface area (Å²) in [6, 6.07) is 0. The molecule has 0 rings (SSSR count). The van der Waals surface area contributed by atoms with Crippen molar-refractivity contribution in [3.63, 3.8) is 0 Å². The lowest BCUT2D eigenvalue weighted by Crippen LogP contribution is -2.32. The molecule has 1 atom stereocenters. The number of carbonyl (C=O) groups is 2. The van der Waals surface area contributed by atoms with Crippen molar-refractivity contribution >= 4 is 30.2 Å². The lowest BCUT2D eigenvalue weighted by atomic mass is 10.2. The summed E-state index contributed by atoms with van der Waals surface area (Å²) in [6.45, 7) is 10.4. The van der Waals surface area contributed by atoms with Gasteiger partial charge in [-0.15, -0.1) is 0 Å². The van der Waals surface area contributed by atoms with Crippen LogP contribution in [0.25, 0.3) is 0 Å². The van der Waals surface area contributed by atoms with Gasteiger partial charge in [0.25, 0.3) is 0 Å². The number of alkyl carbamates (subject to hydrolysis) is 1. The Morgan fingerprint density at radius 3 is 2.47 bits per heavy atom. The number of amides is 1. The SMILES string of the molecule is C=C(C=O)/C(=C\C=N/C(C)Cl)NC(=O)OC(C)(C)C. The quantitative estimate of drug-likeness (QED) is 0.211. The standard InChI is InChI=1S/C13H19ClN2O3/c1-9(8-17)11(6-7-15-10(2)14)16-12(18)19-13(3,4)5/h6-8,10H,1H2,2-5H3,(H,16,18)/b11-6+,15-7-. The summed E-state index contributed by atoms with van der Waals surface area (Å²) in [7, 11) is 0. The molecule has 1 N–H and O–H groups in total. The van der Waals surface area contributed by atoms with Crippen LogP contribution < -0.4 is 5.32 Å². The summed E-state index contributed by atoms with van der Waals surface area (Å²) in [5, 5.41) is 2.43. The third-order valence-corrected chi connectivity index (χ3v) is 1.77. The number of allylic oxidation sites excluding steroid dienone is 2. The molecule has 5 nitrogen and oxygen atoms in total. The third-order valence-electron chi connectivity index (χ3n) is 1.66. The summed E-state index contributed by atoms with van der Waals surface area (Å²) in [6.07, 6.45) is 2.67. The molecule has 0 heterocycles. The topological polar surface area (TPSA) is 67.8 Å². The molecule has 1 unspecified atom stereocenters. The minimum Gasteiger partial charge on any atom is -0.444 e.